The second-order valence-corrected chi connectivity index (χ2v) is 12.2. The molecule has 3 aromatic rings. The number of amides is 3. The molecule has 226 valence electrons. The zero-order chi connectivity index (χ0) is 30.8. The van der Waals surface area contributed by atoms with Gasteiger partial charge in [-0.15, -0.1) is 0 Å². The maximum atomic E-state index is 14.5. The Kier molecular flexibility index (Phi) is 9.99. The van der Waals surface area contributed by atoms with Crippen LogP contribution in [0, 0.1) is 0 Å². The number of carbonyl (C=O) groups is 3. The summed E-state index contributed by atoms with van der Waals surface area (Å²) in [5.41, 5.74) is 13.2. The van der Waals surface area contributed by atoms with Crippen molar-refractivity contribution < 1.29 is 27.6 Å². The van der Waals surface area contributed by atoms with Gasteiger partial charge in [-0.25, -0.2) is 9.97 Å². The predicted molar refractivity (Wildman–Crippen MR) is 157 cm³/mol. The first kappa shape index (κ1) is 32.6. The Morgan fingerprint density at radius 1 is 0.732 bits per heavy atom. The van der Waals surface area contributed by atoms with E-state index in [1.807, 2.05) is 27.7 Å². The van der Waals surface area contributed by atoms with Gasteiger partial charge in [-0.3, -0.25) is 14.4 Å². The lowest BCUT2D eigenvalue weighted by Crippen LogP contribution is -2.51. The third-order valence-electron chi connectivity index (χ3n) is 6.84. The fourth-order valence-corrected chi connectivity index (χ4v) is 7.18. The van der Waals surface area contributed by atoms with E-state index in [2.05, 4.69) is 20.6 Å². The number of nitrogens with zero attached hydrogens (tertiary/aromatic N) is 2. The fourth-order valence-electron chi connectivity index (χ4n) is 5.06. The molecule has 0 saturated heterocycles. The van der Waals surface area contributed by atoms with Crippen LogP contribution in [0.25, 0.3) is 20.4 Å². The molecule has 3 amide bonds. The van der Waals surface area contributed by atoms with Gasteiger partial charge in [-0.2, -0.15) is 13.2 Å². The number of aromatic nitrogens is 2. The van der Waals surface area contributed by atoms with Crippen molar-refractivity contribution in [2.75, 3.05) is 10.6 Å². The second-order valence-electron chi connectivity index (χ2n) is 10.2. The highest BCUT2D eigenvalue weighted by Gasteiger charge is 2.41. The van der Waals surface area contributed by atoms with E-state index in [4.69, 9.17) is 17.2 Å². The van der Waals surface area contributed by atoms with Crippen LogP contribution in [0.2, 0.25) is 0 Å². The van der Waals surface area contributed by atoms with Crippen molar-refractivity contribution in [3.05, 3.63) is 11.1 Å². The number of halogens is 3. The van der Waals surface area contributed by atoms with Crippen LogP contribution in [0.15, 0.2) is 0 Å². The largest absolute Gasteiger partial charge is 0.420 e. The van der Waals surface area contributed by atoms with E-state index in [-0.39, 0.29) is 25.2 Å². The number of nitrogens with one attached hydrogen (secondary N) is 2. The number of rotatable bonds is 13. The zero-order valence-electron chi connectivity index (χ0n) is 23.5. The van der Waals surface area contributed by atoms with Gasteiger partial charge in [0.25, 0.3) is 5.91 Å². The molecule has 0 radical (unpaired) electrons. The normalized spacial score (nSPS) is 12.7. The first-order valence-corrected chi connectivity index (χ1v) is 15.1. The maximum absolute atomic E-state index is 14.5. The van der Waals surface area contributed by atoms with Crippen LogP contribution in [-0.4, -0.2) is 38.8 Å². The maximum Gasteiger partial charge on any atom is 0.420 e. The smallest absolute Gasteiger partial charge is 0.366 e. The number of hydrogen-bond acceptors (Lipinski definition) is 9. The van der Waals surface area contributed by atoms with Crippen LogP contribution >= 0.6 is 22.7 Å². The number of anilines is 2. The van der Waals surface area contributed by atoms with E-state index >= 15 is 0 Å². The summed E-state index contributed by atoms with van der Waals surface area (Å²) in [6.07, 6.45) is -0.985. The Morgan fingerprint density at radius 3 is 1.34 bits per heavy atom. The molecule has 1 aromatic carbocycles. The Balaban J connectivity index is 2.19. The number of hydrogen-bond donors (Lipinski definition) is 5. The van der Waals surface area contributed by atoms with Gasteiger partial charge in [-0.05, 0) is 25.7 Å². The summed E-state index contributed by atoms with van der Waals surface area (Å²) >= 11 is 1.38. The van der Waals surface area contributed by atoms with Crippen LogP contribution in [0.3, 0.4) is 0 Å². The molecule has 2 heterocycles. The van der Waals surface area contributed by atoms with Crippen molar-refractivity contribution in [1.29, 1.82) is 0 Å². The van der Waals surface area contributed by atoms with Gasteiger partial charge < -0.3 is 27.8 Å². The molecule has 41 heavy (non-hydrogen) atoms. The molecule has 3 rings (SSSR count). The molecule has 0 aliphatic rings. The Morgan fingerprint density at radius 2 is 1.07 bits per heavy atom. The molecule has 0 saturated carbocycles. The van der Waals surface area contributed by atoms with E-state index in [1.165, 1.54) is 0 Å². The van der Waals surface area contributed by atoms with Crippen LogP contribution < -0.4 is 27.8 Å². The molecule has 15 heteroatoms. The van der Waals surface area contributed by atoms with Gasteiger partial charge in [0.1, 0.15) is 5.56 Å². The summed E-state index contributed by atoms with van der Waals surface area (Å²) in [7, 11) is 0. The average Bonchev–Trinajstić information content (AvgIpc) is 3.44. The molecule has 0 aliphatic heterocycles. The fraction of sp³-hybridized carbons (Fsp3) is 0.577. The van der Waals surface area contributed by atoms with Gasteiger partial charge in [0.2, 0.25) is 11.8 Å². The summed E-state index contributed by atoms with van der Waals surface area (Å²) in [5, 5.41) is 4.79. The van der Waals surface area contributed by atoms with E-state index in [0.717, 1.165) is 0 Å². The number of carbonyl (C=O) groups excluding carboxylic acids is 3. The number of nitrogens with two attached hydrogens (primary N) is 3. The first-order valence-electron chi connectivity index (χ1n) is 13.5. The Hall–Kier alpha value is -2.88. The number of benzene rings is 1. The quantitative estimate of drug-likeness (QED) is 0.168. The summed E-state index contributed by atoms with van der Waals surface area (Å²) in [6.45, 7) is 7.48. The molecular formula is C26H36F3N7O3S2. The highest BCUT2D eigenvalue weighted by Crippen LogP contribution is 2.47. The van der Waals surface area contributed by atoms with Crippen LogP contribution in [0.4, 0.5) is 23.4 Å². The summed E-state index contributed by atoms with van der Waals surface area (Å²) < 4.78 is 43.2. The summed E-state index contributed by atoms with van der Waals surface area (Å²) in [6, 6.07) is 0. The first-order chi connectivity index (χ1) is 19.2. The van der Waals surface area contributed by atoms with E-state index in [0.29, 0.717) is 74.0 Å². The van der Waals surface area contributed by atoms with Gasteiger partial charge in [-0.1, -0.05) is 76.1 Å². The van der Waals surface area contributed by atoms with Crippen LogP contribution in [0.1, 0.15) is 95.0 Å². The molecule has 0 bridgehead atoms. The lowest BCUT2D eigenvalue weighted by molar-refractivity contribution is -0.135. The van der Waals surface area contributed by atoms with E-state index in [1.54, 1.807) is 0 Å². The molecule has 0 spiro atoms. The van der Waals surface area contributed by atoms with Gasteiger partial charge in [0.15, 0.2) is 10.3 Å². The van der Waals surface area contributed by atoms with Gasteiger partial charge in [0, 0.05) is 0 Å². The van der Waals surface area contributed by atoms with Crippen LogP contribution in [-0.2, 0) is 15.8 Å². The predicted octanol–water partition coefficient (Wildman–Crippen LogP) is 5.50. The summed E-state index contributed by atoms with van der Waals surface area (Å²) in [5.74, 6) is -2.17. The van der Waals surface area contributed by atoms with Crippen molar-refractivity contribution in [3.8, 4) is 0 Å². The Labute approximate surface area is 243 Å². The Bertz CT molecular complexity index is 1350. The minimum absolute atomic E-state index is 0.154. The average molecular weight is 616 g/mol. The van der Waals surface area contributed by atoms with Crippen molar-refractivity contribution in [2.24, 2.45) is 17.2 Å². The molecule has 10 nitrogen and oxygen atoms in total. The second kappa shape index (κ2) is 12.5. The van der Waals surface area contributed by atoms with Crippen molar-refractivity contribution >= 4 is 71.1 Å². The van der Waals surface area contributed by atoms with Gasteiger partial charge in [0.05, 0.1) is 37.1 Å². The lowest BCUT2D eigenvalue weighted by Gasteiger charge is -2.26. The lowest BCUT2D eigenvalue weighted by atomic mass is 9.89. The molecule has 0 aliphatic carbocycles. The number of thiazole rings is 2. The highest BCUT2D eigenvalue weighted by molar-refractivity contribution is 7.25. The topological polar surface area (TPSA) is 179 Å². The summed E-state index contributed by atoms with van der Waals surface area (Å²) in [4.78, 5) is 46.8. The minimum Gasteiger partial charge on any atom is -0.366 e. The SMILES string of the molecule is CCCC(N)(CCC)C(=O)Nc1nc2c(C(F)(F)F)c3nc(NC(=O)C(N)(CCC)CCC)sc3c(C(N)=O)c2s1. The van der Waals surface area contributed by atoms with Crippen LogP contribution in [0.5, 0.6) is 0 Å². The number of primary amides is 1. The number of fused-ring (bicyclic) bond motifs is 2. The third-order valence-corrected chi connectivity index (χ3v) is 8.82. The monoisotopic (exact) mass is 615 g/mol. The molecular weight excluding hydrogens is 579 g/mol. The van der Waals surface area contributed by atoms with Gasteiger partial charge >= 0.3 is 6.18 Å². The molecule has 0 atom stereocenters. The third kappa shape index (κ3) is 6.63. The molecule has 0 fully saturated rings. The number of alkyl halides is 3. The van der Waals surface area contributed by atoms with Crippen molar-refractivity contribution in [2.45, 2.75) is 96.3 Å². The molecule has 0 unspecified atom stereocenters. The van der Waals surface area contributed by atoms with E-state index in [9.17, 15) is 27.6 Å². The standard InChI is InChI=1S/C26H36F3N7O3S2/c1-5-9-24(31,10-6-2)20(38)35-22-33-15-14(26(27,28)29)16-18(13(19(30)37)17(15)40-22)41-23(34-16)36-21(39)25(32,11-7-3)12-8-4/h5-12,31-32H2,1-4H3,(H2,30,37)(H,33,35,38)(H,34,36,39). The highest BCUT2D eigenvalue weighted by atomic mass is 32.1. The van der Waals surface area contributed by atoms with E-state index < -0.39 is 51.6 Å². The van der Waals surface area contributed by atoms with Crippen molar-refractivity contribution in [3.63, 3.8) is 0 Å². The zero-order valence-corrected chi connectivity index (χ0v) is 25.1. The van der Waals surface area contributed by atoms with Crippen molar-refractivity contribution in [1.82, 2.24) is 9.97 Å². The molecule has 2 aromatic heterocycles. The minimum atomic E-state index is -4.94. The molecule has 8 N–H and O–H groups in total.